The molecule has 1 aromatic rings. The summed E-state index contributed by atoms with van der Waals surface area (Å²) in [5.74, 6) is -0.796. The summed E-state index contributed by atoms with van der Waals surface area (Å²) >= 11 is 0. The third-order valence-corrected chi connectivity index (χ3v) is 2.41. The highest BCUT2D eigenvalue weighted by molar-refractivity contribution is 5.70. The van der Waals surface area contributed by atoms with Gasteiger partial charge >= 0.3 is 5.97 Å². The summed E-state index contributed by atoms with van der Waals surface area (Å²) in [6, 6.07) is 7.64. The number of carbonyl (C=O) groups is 1. The molecule has 0 unspecified atom stereocenters. The molecule has 0 saturated carbocycles. The van der Waals surface area contributed by atoms with Crippen LogP contribution in [0.1, 0.15) is 17.5 Å². The molecule has 0 fully saturated rings. The number of hydrogen-bond acceptors (Lipinski definition) is 3. The van der Waals surface area contributed by atoms with Gasteiger partial charge in [-0.15, -0.1) is 0 Å². The summed E-state index contributed by atoms with van der Waals surface area (Å²) in [5, 5.41) is 11.9. The van der Waals surface area contributed by atoms with Crippen LogP contribution in [0.2, 0.25) is 0 Å². The third-order valence-electron chi connectivity index (χ3n) is 2.41. The average molecular weight is 237 g/mol. The lowest BCUT2D eigenvalue weighted by Gasteiger charge is -2.05. The van der Waals surface area contributed by atoms with Crippen molar-refractivity contribution < 1.29 is 14.6 Å². The molecule has 0 atom stereocenters. The summed E-state index contributed by atoms with van der Waals surface area (Å²) in [6.45, 7) is 2.49. The Morgan fingerprint density at radius 3 is 2.53 bits per heavy atom. The molecule has 0 aliphatic rings. The van der Waals surface area contributed by atoms with Crippen LogP contribution in [-0.2, 0) is 22.5 Å². The lowest BCUT2D eigenvalue weighted by Crippen LogP contribution is -2.16. The van der Waals surface area contributed by atoms with Crippen LogP contribution in [0.4, 0.5) is 0 Å². The van der Waals surface area contributed by atoms with Gasteiger partial charge in [0.05, 0.1) is 6.42 Å². The van der Waals surface area contributed by atoms with E-state index in [1.54, 1.807) is 7.11 Å². The van der Waals surface area contributed by atoms with E-state index in [-0.39, 0.29) is 6.42 Å². The fraction of sp³-hybridized carbons (Fsp3) is 0.462. The Morgan fingerprint density at radius 2 is 1.94 bits per heavy atom. The Balaban J connectivity index is 2.28. The molecule has 0 amide bonds. The highest BCUT2D eigenvalue weighted by atomic mass is 16.5. The maximum absolute atomic E-state index is 10.5. The van der Waals surface area contributed by atoms with Gasteiger partial charge in [0, 0.05) is 20.3 Å². The van der Waals surface area contributed by atoms with E-state index < -0.39 is 5.97 Å². The number of methoxy groups -OCH3 is 1. The lowest BCUT2D eigenvalue weighted by atomic mass is 10.1. The quantitative estimate of drug-likeness (QED) is 0.672. The smallest absolute Gasteiger partial charge is 0.307 e. The van der Waals surface area contributed by atoms with Gasteiger partial charge in [-0.25, -0.2) is 0 Å². The monoisotopic (exact) mass is 237 g/mol. The zero-order chi connectivity index (χ0) is 12.5. The molecule has 94 valence electrons. The molecule has 0 saturated heterocycles. The van der Waals surface area contributed by atoms with Crippen molar-refractivity contribution in [1.82, 2.24) is 5.32 Å². The maximum Gasteiger partial charge on any atom is 0.307 e. The van der Waals surface area contributed by atoms with Crippen LogP contribution >= 0.6 is 0 Å². The van der Waals surface area contributed by atoms with Gasteiger partial charge in [0.15, 0.2) is 0 Å². The molecule has 0 aromatic heterocycles. The first-order valence-corrected chi connectivity index (χ1v) is 5.71. The second-order valence-electron chi connectivity index (χ2n) is 3.91. The second kappa shape index (κ2) is 7.81. The SMILES string of the molecule is COCCCNCc1ccc(CC(=O)O)cc1. The zero-order valence-corrected chi connectivity index (χ0v) is 10.1. The van der Waals surface area contributed by atoms with E-state index in [4.69, 9.17) is 9.84 Å². The first kappa shape index (κ1) is 13.7. The van der Waals surface area contributed by atoms with Gasteiger partial charge in [-0.05, 0) is 24.1 Å². The van der Waals surface area contributed by atoms with Crippen LogP contribution in [-0.4, -0.2) is 31.3 Å². The number of carboxylic acid groups (broad SMARTS) is 1. The van der Waals surface area contributed by atoms with Crippen LogP contribution in [0.3, 0.4) is 0 Å². The molecule has 17 heavy (non-hydrogen) atoms. The summed E-state index contributed by atoms with van der Waals surface area (Å²) in [7, 11) is 1.70. The van der Waals surface area contributed by atoms with Gasteiger partial charge < -0.3 is 15.2 Å². The van der Waals surface area contributed by atoms with Gasteiger partial charge in [0.1, 0.15) is 0 Å². The van der Waals surface area contributed by atoms with E-state index in [1.165, 1.54) is 0 Å². The number of benzene rings is 1. The van der Waals surface area contributed by atoms with E-state index >= 15 is 0 Å². The Labute approximate surface area is 102 Å². The molecule has 0 aliphatic carbocycles. The molecule has 1 aromatic carbocycles. The van der Waals surface area contributed by atoms with Crippen molar-refractivity contribution in [2.45, 2.75) is 19.4 Å². The molecule has 0 spiro atoms. The minimum absolute atomic E-state index is 0.0849. The molecule has 2 N–H and O–H groups in total. The summed E-state index contributed by atoms with van der Waals surface area (Å²) in [6.07, 6.45) is 1.08. The van der Waals surface area contributed by atoms with Crippen LogP contribution < -0.4 is 5.32 Å². The van der Waals surface area contributed by atoms with E-state index in [2.05, 4.69) is 5.32 Å². The van der Waals surface area contributed by atoms with Crippen molar-refractivity contribution in [3.8, 4) is 0 Å². The third kappa shape index (κ3) is 6.04. The highest BCUT2D eigenvalue weighted by Crippen LogP contribution is 2.05. The van der Waals surface area contributed by atoms with Crippen molar-refractivity contribution >= 4 is 5.97 Å². The van der Waals surface area contributed by atoms with Crippen LogP contribution in [0.15, 0.2) is 24.3 Å². The highest BCUT2D eigenvalue weighted by Gasteiger charge is 2.00. The van der Waals surface area contributed by atoms with Crippen molar-refractivity contribution in [1.29, 1.82) is 0 Å². The van der Waals surface area contributed by atoms with E-state index in [0.717, 1.165) is 37.2 Å². The predicted molar refractivity (Wildman–Crippen MR) is 66.0 cm³/mol. The number of nitrogens with one attached hydrogen (secondary N) is 1. The first-order chi connectivity index (χ1) is 8.22. The number of aliphatic carboxylic acids is 1. The molecule has 1 rings (SSSR count). The molecule has 4 heteroatoms. The zero-order valence-electron chi connectivity index (χ0n) is 10.1. The van der Waals surface area contributed by atoms with Crippen molar-refractivity contribution in [2.75, 3.05) is 20.3 Å². The molecular weight excluding hydrogens is 218 g/mol. The van der Waals surface area contributed by atoms with E-state index in [1.807, 2.05) is 24.3 Å². The summed E-state index contributed by atoms with van der Waals surface area (Å²) in [5.41, 5.74) is 2.00. The molecule has 0 radical (unpaired) electrons. The number of carboxylic acids is 1. The van der Waals surface area contributed by atoms with Crippen molar-refractivity contribution in [3.05, 3.63) is 35.4 Å². The lowest BCUT2D eigenvalue weighted by molar-refractivity contribution is -0.136. The Morgan fingerprint density at radius 1 is 1.29 bits per heavy atom. The van der Waals surface area contributed by atoms with Crippen LogP contribution in [0.5, 0.6) is 0 Å². The Bertz CT molecular complexity index is 335. The van der Waals surface area contributed by atoms with Gasteiger partial charge in [0.25, 0.3) is 0 Å². The topological polar surface area (TPSA) is 58.6 Å². The fourth-order valence-corrected chi connectivity index (χ4v) is 1.52. The molecule has 0 aliphatic heterocycles. The summed E-state index contributed by atoms with van der Waals surface area (Å²) in [4.78, 5) is 10.5. The Hall–Kier alpha value is -1.39. The van der Waals surface area contributed by atoms with Gasteiger partial charge in [-0.2, -0.15) is 0 Å². The van der Waals surface area contributed by atoms with E-state index in [9.17, 15) is 4.79 Å². The average Bonchev–Trinajstić information content (AvgIpc) is 2.30. The molecular formula is C13H19NO3. The number of ether oxygens (including phenoxy) is 1. The molecule has 0 heterocycles. The molecule has 0 bridgehead atoms. The van der Waals surface area contributed by atoms with Gasteiger partial charge in [-0.1, -0.05) is 24.3 Å². The fourth-order valence-electron chi connectivity index (χ4n) is 1.52. The molecule has 4 nitrogen and oxygen atoms in total. The number of rotatable bonds is 8. The normalized spacial score (nSPS) is 10.4. The standard InChI is InChI=1S/C13H19NO3/c1-17-8-2-7-14-10-12-5-3-11(4-6-12)9-13(15)16/h3-6,14H,2,7-10H2,1H3,(H,15,16). The predicted octanol–water partition coefficient (Wildman–Crippen LogP) is 1.44. The minimum Gasteiger partial charge on any atom is -0.481 e. The summed E-state index contributed by atoms with van der Waals surface area (Å²) < 4.78 is 4.95. The van der Waals surface area contributed by atoms with Crippen LogP contribution in [0, 0.1) is 0 Å². The maximum atomic E-state index is 10.5. The number of hydrogen-bond donors (Lipinski definition) is 2. The van der Waals surface area contributed by atoms with E-state index in [0.29, 0.717) is 0 Å². The minimum atomic E-state index is -0.796. The Kier molecular flexibility index (Phi) is 6.29. The largest absolute Gasteiger partial charge is 0.481 e. The van der Waals surface area contributed by atoms with Crippen molar-refractivity contribution in [3.63, 3.8) is 0 Å². The second-order valence-corrected chi connectivity index (χ2v) is 3.91. The first-order valence-electron chi connectivity index (χ1n) is 5.71. The van der Waals surface area contributed by atoms with Gasteiger partial charge in [0.2, 0.25) is 0 Å². The van der Waals surface area contributed by atoms with Crippen LogP contribution in [0.25, 0.3) is 0 Å². The van der Waals surface area contributed by atoms with Gasteiger partial charge in [-0.3, -0.25) is 4.79 Å². The van der Waals surface area contributed by atoms with Crippen molar-refractivity contribution in [2.24, 2.45) is 0 Å².